The first-order chi connectivity index (χ1) is 28.6. The number of ether oxygens (including phenoxy) is 3. The van der Waals surface area contributed by atoms with Gasteiger partial charge in [0.2, 0.25) is 0 Å². The number of benzene rings is 7. The zero-order valence-corrected chi connectivity index (χ0v) is 33.9. The van der Waals surface area contributed by atoms with Gasteiger partial charge in [-0.25, -0.2) is 0 Å². The van der Waals surface area contributed by atoms with Crippen molar-refractivity contribution in [1.29, 1.82) is 0 Å². The molecule has 0 amide bonds. The van der Waals surface area contributed by atoms with Gasteiger partial charge < -0.3 is 14.2 Å². The third-order valence-electron chi connectivity index (χ3n) is 13.6. The van der Waals surface area contributed by atoms with Crippen LogP contribution in [0.5, 0.6) is 34.5 Å². The molecule has 1 aromatic heterocycles. The van der Waals surface area contributed by atoms with Crippen LogP contribution in [0.4, 0.5) is 17.1 Å². The lowest BCUT2D eigenvalue weighted by atomic mass is 9.82. The van der Waals surface area contributed by atoms with Crippen molar-refractivity contribution in [2.24, 2.45) is 0 Å². The van der Waals surface area contributed by atoms with E-state index in [0.717, 1.165) is 83.6 Å². The van der Waals surface area contributed by atoms with Crippen molar-refractivity contribution in [2.75, 3.05) is 4.90 Å². The zero-order valence-electron chi connectivity index (χ0n) is 33.1. The Morgan fingerprint density at radius 2 is 1.19 bits per heavy atom. The number of nitrogens with zero attached hydrogens (tertiary/aromatic N) is 1. The van der Waals surface area contributed by atoms with Crippen molar-refractivity contribution in [3.63, 3.8) is 0 Å². The lowest BCUT2D eigenvalue weighted by molar-refractivity contribution is 0.421. The Balaban J connectivity index is 1.09. The minimum Gasteiger partial charge on any atom is -0.453 e. The molecule has 5 heteroatoms. The van der Waals surface area contributed by atoms with E-state index in [2.05, 4.69) is 167 Å². The second kappa shape index (κ2) is 11.0. The lowest BCUT2D eigenvalue weighted by Gasteiger charge is -2.42. The molecule has 0 spiro atoms. The maximum absolute atomic E-state index is 7.17. The van der Waals surface area contributed by atoms with E-state index in [9.17, 15) is 0 Å². The van der Waals surface area contributed by atoms with Crippen LogP contribution in [0.15, 0.2) is 146 Å². The fourth-order valence-electron chi connectivity index (χ4n) is 10.6. The molecule has 7 aromatic carbocycles. The molecule has 5 aliphatic rings. The van der Waals surface area contributed by atoms with Gasteiger partial charge in [-0.2, -0.15) is 0 Å². The molecule has 8 aromatic rings. The van der Waals surface area contributed by atoms with Crippen molar-refractivity contribution in [1.82, 2.24) is 0 Å². The Bertz CT molecular complexity index is 3360. The summed E-state index contributed by atoms with van der Waals surface area (Å²) in [5.41, 5.74) is 16.2. The summed E-state index contributed by atoms with van der Waals surface area (Å²) < 4.78 is 23.6. The summed E-state index contributed by atoms with van der Waals surface area (Å²) in [7, 11) is 0. The van der Waals surface area contributed by atoms with Gasteiger partial charge in [0, 0.05) is 26.3 Å². The first-order valence-corrected chi connectivity index (χ1v) is 21.0. The van der Waals surface area contributed by atoms with Crippen molar-refractivity contribution in [3.8, 4) is 56.8 Å². The fraction of sp³-hybridized carbons (Fsp3) is 0.111. The molecule has 0 bridgehead atoms. The Morgan fingerprint density at radius 1 is 0.593 bits per heavy atom. The zero-order chi connectivity index (χ0) is 39.7. The molecule has 13 rings (SSSR count). The summed E-state index contributed by atoms with van der Waals surface area (Å²) >= 11 is 1.76. The molecule has 0 saturated heterocycles. The van der Waals surface area contributed by atoms with Crippen molar-refractivity contribution in [3.05, 3.63) is 174 Å². The summed E-state index contributed by atoms with van der Waals surface area (Å²) in [4.78, 5) is 2.33. The van der Waals surface area contributed by atoms with Crippen LogP contribution in [0.2, 0.25) is 0 Å². The standard InChI is InChI=1S/C54H37NO3S/c1-7-31(46-28(2)53(3,4)37-19-11-8-16-34(37)46)29-23-40-48-41(24-29)57-44-27-36-33-15-10-13-22-45(33)59-52(36)51-50(44)55(48)49-42(56-40)25-30(26-43(49)58-51)32-18-14-21-39-47(32)35-17-9-12-20-38(35)54(39,5)6/h7-27H,1-2H2,3-6H3/b46-31-. The molecule has 0 saturated carbocycles. The molecular formula is C54H37NO3S. The smallest absolute Gasteiger partial charge is 0.173 e. The van der Waals surface area contributed by atoms with E-state index in [1.807, 2.05) is 6.08 Å². The molecule has 0 atom stereocenters. The van der Waals surface area contributed by atoms with Crippen LogP contribution in [0.1, 0.15) is 55.5 Å². The van der Waals surface area contributed by atoms with E-state index < -0.39 is 0 Å². The molecular weight excluding hydrogens is 743 g/mol. The van der Waals surface area contributed by atoms with Gasteiger partial charge >= 0.3 is 0 Å². The summed E-state index contributed by atoms with van der Waals surface area (Å²) in [6, 6.07) is 43.6. The van der Waals surface area contributed by atoms with Crippen molar-refractivity contribution >= 4 is 59.7 Å². The van der Waals surface area contributed by atoms with Gasteiger partial charge in [-0.1, -0.05) is 132 Å². The molecule has 0 unspecified atom stereocenters. The van der Waals surface area contributed by atoms with Crippen LogP contribution in [0, 0.1) is 0 Å². The summed E-state index contributed by atoms with van der Waals surface area (Å²) in [5.74, 6) is 4.46. The Hall–Kier alpha value is -6.82. The van der Waals surface area contributed by atoms with E-state index in [-0.39, 0.29) is 10.8 Å². The van der Waals surface area contributed by atoms with Gasteiger partial charge in [-0.3, -0.25) is 4.90 Å². The molecule has 0 radical (unpaired) electrons. The van der Waals surface area contributed by atoms with E-state index >= 15 is 0 Å². The molecule has 4 heterocycles. The highest BCUT2D eigenvalue weighted by molar-refractivity contribution is 7.26. The summed E-state index contributed by atoms with van der Waals surface area (Å²) in [5, 5.41) is 2.30. The summed E-state index contributed by atoms with van der Waals surface area (Å²) in [6.07, 6.45) is 1.96. The average molecular weight is 780 g/mol. The fourth-order valence-corrected chi connectivity index (χ4v) is 11.8. The molecule has 0 N–H and O–H groups in total. The topological polar surface area (TPSA) is 30.9 Å². The SMILES string of the molecule is C=C/C(=C1\C(=C)C(C)(C)c2ccccc21)c1cc2c3c(c1)Oc1cc4c(sc5ccccc54)c4c1N3c1c(cc(-c3cccc5c3-c3ccccc3C5(C)C)cc1O4)O2. The molecule has 282 valence electrons. The Kier molecular flexibility index (Phi) is 6.19. The molecule has 59 heavy (non-hydrogen) atoms. The lowest BCUT2D eigenvalue weighted by Crippen LogP contribution is -2.24. The monoisotopic (exact) mass is 779 g/mol. The predicted molar refractivity (Wildman–Crippen MR) is 243 cm³/mol. The van der Waals surface area contributed by atoms with Crippen LogP contribution in [0.25, 0.3) is 53.6 Å². The van der Waals surface area contributed by atoms with Crippen LogP contribution in [-0.2, 0) is 10.8 Å². The number of allylic oxidation sites excluding steroid dienone is 4. The molecule has 0 fully saturated rings. The maximum Gasteiger partial charge on any atom is 0.173 e. The summed E-state index contributed by atoms with van der Waals surface area (Å²) in [6.45, 7) is 18.2. The Morgan fingerprint density at radius 3 is 1.93 bits per heavy atom. The highest BCUT2D eigenvalue weighted by Crippen LogP contribution is 2.70. The van der Waals surface area contributed by atoms with E-state index in [1.165, 1.54) is 43.5 Å². The van der Waals surface area contributed by atoms with Crippen LogP contribution < -0.4 is 19.1 Å². The first-order valence-electron chi connectivity index (χ1n) is 20.2. The predicted octanol–water partition coefficient (Wildman–Crippen LogP) is 15.8. The van der Waals surface area contributed by atoms with Gasteiger partial charge in [0.1, 0.15) is 17.1 Å². The largest absolute Gasteiger partial charge is 0.453 e. The number of anilines is 3. The number of hydrogen-bond acceptors (Lipinski definition) is 5. The maximum atomic E-state index is 7.17. The quantitative estimate of drug-likeness (QED) is 0.179. The van der Waals surface area contributed by atoms with Crippen LogP contribution >= 0.6 is 11.3 Å². The number of hydrogen-bond donors (Lipinski definition) is 0. The minimum atomic E-state index is -0.230. The number of fused-ring (bicyclic) bond motifs is 8. The van der Waals surface area contributed by atoms with Gasteiger partial charge in [0.25, 0.3) is 0 Å². The molecule has 4 nitrogen and oxygen atoms in total. The van der Waals surface area contributed by atoms with E-state index in [0.29, 0.717) is 11.5 Å². The second-order valence-corrected chi connectivity index (χ2v) is 18.4. The Labute approximate surface area is 346 Å². The highest BCUT2D eigenvalue weighted by Gasteiger charge is 2.45. The minimum absolute atomic E-state index is 0.128. The third kappa shape index (κ3) is 4.08. The molecule has 2 aliphatic carbocycles. The average Bonchev–Trinajstić information content (AvgIpc) is 3.80. The number of thiophene rings is 1. The van der Waals surface area contributed by atoms with Crippen molar-refractivity contribution in [2.45, 2.75) is 38.5 Å². The van der Waals surface area contributed by atoms with Crippen molar-refractivity contribution < 1.29 is 14.2 Å². The van der Waals surface area contributed by atoms with Gasteiger partial charge in [0.15, 0.2) is 34.5 Å². The van der Waals surface area contributed by atoms with E-state index in [1.54, 1.807) is 11.3 Å². The second-order valence-electron chi connectivity index (χ2n) is 17.4. The van der Waals surface area contributed by atoms with Crippen LogP contribution in [0.3, 0.4) is 0 Å². The van der Waals surface area contributed by atoms with Gasteiger partial charge in [0.05, 0.1) is 4.70 Å². The van der Waals surface area contributed by atoms with Crippen LogP contribution in [-0.4, -0.2) is 0 Å². The highest BCUT2D eigenvalue weighted by atomic mass is 32.1. The molecule has 3 aliphatic heterocycles. The van der Waals surface area contributed by atoms with E-state index in [4.69, 9.17) is 14.2 Å². The first kappa shape index (κ1) is 33.2. The third-order valence-corrected chi connectivity index (χ3v) is 14.8. The van der Waals surface area contributed by atoms with Gasteiger partial charge in [-0.05, 0) is 103 Å². The normalized spacial score (nSPS) is 17.1. The van der Waals surface area contributed by atoms with Gasteiger partial charge in [-0.15, -0.1) is 11.3 Å². The number of rotatable bonds is 3.